The minimum Gasteiger partial charge on any atom is -0.481 e. The fourth-order valence-corrected chi connectivity index (χ4v) is 2.84. The molecule has 2 N–H and O–H groups in total. The molecule has 0 saturated carbocycles. The number of aliphatic carboxylic acids is 1. The monoisotopic (exact) mass is 334 g/mol. The molecular formula is C18H26N2O4. The van der Waals surface area contributed by atoms with Crippen LogP contribution in [0.15, 0.2) is 18.3 Å². The van der Waals surface area contributed by atoms with Crippen molar-refractivity contribution in [1.29, 1.82) is 0 Å². The van der Waals surface area contributed by atoms with Gasteiger partial charge in [-0.3, -0.25) is 14.6 Å². The zero-order valence-corrected chi connectivity index (χ0v) is 14.5. The van der Waals surface area contributed by atoms with Crippen molar-refractivity contribution in [2.45, 2.75) is 39.0 Å². The summed E-state index contributed by atoms with van der Waals surface area (Å²) in [6, 6.07) is 3.56. The summed E-state index contributed by atoms with van der Waals surface area (Å²) in [5.74, 6) is -1.77. The molecular weight excluding hydrogens is 308 g/mol. The number of carboxylic acid groups (broad SMARTS) is 1. The maximum atomic E-state index is 12.2. The van der Waals surface area contributed by atoms with Gasteiger partial charge in [0.2, 0.25) is 0 Å². The summed E-state index contributed by atoms with van der Waals surface area (Å²) in [7, 11) is 0. The van der Waals surface area contributed by atoms with E-state index in [1.807, 2.05) is 6.07 Å². The van der Waals surface area contributed by atoms with Crippen LogP contribution in [0.3, 0.4) is 0 Å². The second-order valence-electron chi connectivity index (χ2n) is 7.29. The van der Waals surface area contributed by atoms with Crippen LogP contribution in [0.1, 0.15) is 49.7 Å². The van der Waals surface area contributed by atoms with Gasteiger partial charge in [0.15, 0.2) is 0 Å². The van der Waals surface area contributed by atoms with Gasteiger partial charge in [0.25, 0.3) is 5.91 Å². The van der Waals surface area contributed by atoms with Gasteiger partial charge in [-0.05, 0) is 35.8 Å². The number of ether oxygens (including phenoxy) is 1. The van der Waals surface area contributed by atoms with Crippen LogP contribution >= 0.6 is 0 Å². The van der Waals surface area contributed by atoms with E-state index in [-0.39, 0.29) is 23.8 Å². The molecule has 6 heteroatoms. The molecule has 132 valence electrons. The molecule has 0 aliphatic carbocycles. The minimum absolute atomic E-state index is 0.0283. The van der Waals surface area contributed by atoms with Gasteiger partial charge in [-0.1, -0.05) is 26.8 Å². The standard InChI is InChI=1S/C18H26N2O4/c1-18(2,3)13-4-5-15(19-10-13)16(21)20-11-14(17(22)23)12-6-8-24-9-7-12/h4-5,10,12,14H,6-9,11H2,1-3H3,(H,20,21)(H,22,23). The van der Waals surface area contributed by atoms with Gasteiger partial charge in [-0.2, -0.15) is 0 Å². The van der Waals surface area contributed by atoms with Crippen LogP contribution in [-0.4, -0.2) is 41.7 Å². The highest BCUT2D eigenvalue weighted by molar-refractivity contribution is 5.92. The topological polar surface area (TPSA) is 88.5 Å². The second kappa shape index (κ2) is 7.75. The summed E-state index contributed by atoms with van der Waals surface area (Å²) in [5.41, 5.74) is 1.32. The van der Waals surface area contributed by atoms with E-state index in [4.69, 9.17) is 4.74 Å². The molecule has 1 unspecified atom stereocenters. The number of pyridine rings is 1. The molecule has 1 aliphatic heterocycles. The summed E-state index contributed by atoms with van der Waals surface area (Å²) in [6.07, 6.45) is 3.12. The lowest BCUT2D eigenvalue weighted by Gasteiger charge is -2.27. The van der Waals surface area contributed by atoms with Gasteiger partial charge in [0, 0.05) is 26.0 Å². The molecule has 0 bridgehead atoms. The number of nitrogens with one attached hydrogen (secondary N) is 1. The molecule has 24 heavy (non-hydrogen) atoms. The van der Waals surface area contributed by atoms with E-state index in [9.17, 15) is 14.7 Å². The van der Waals surface area contributed by atoms with E-state index >= 15 is 0 Å². The lowest BCUT2D eigenvalue weighted by atomic mass is 9.86. The molecule has 2 rings (SSSR count). The number of carbonyl (C=O) groups excluding carboxylic acids is 1. The quantitative estimate of drug-likeness (QED) is 0.862. The van der Waals surface area contributed by atoms with Crippen LogP contribution in [0.2, 0.25) is 0 Å². The number of nitrogens with zero attached hydrogens (tertiary/aromatic N) is 1. The Kier molecular flexibility index (Phi) is 5.94. The first-order valence-electron chi connectivity index (χ1n) is 8.34. The molecule has 6 nitrogen and oxygen atoms in total. The van der Waals surface area contributed by atoms with Crippen LogP contribution in [0.5, 0.6) is 0 Å². The molecule has 1 saturated heterocycles. The summed E-state index contributed by atoms with van der Waals surface area (Å²) < 4.78 is 5.27. The minimum atomic E-state index is -0.877. The molecule has 2 heterocycles. The predicted molar refractivity (Wildman–Crippen MR) is 89.9 cm³/mol. The van der Waals surface area contributed by atoms with E-state index in [1.54, 1.807) is 12.3 Å². The fraction of sp³-hybridized carbons (Fsp3) is 0.611. The zero-order chi connectivity index (χ0) is 17.7. The van der Waals surface area contributed by atoms with Crippen LogP contribution in [0.25, 0.3) is 0 Å². The van der Waals surface area contributed by atoms with Crippen molar-refractivity contribution in [1.82, 2.24) is 10.3 Å². The summed E-state index contributed by atoms with van der Waals surface area (Å²) in [4.78, 5) is 27.9. The molecule has 0 aromatic carbocycles. The number of carboxylic acids is 1. The van der Waals surface area contributed by atoms with Gasteiger partial charge in [0.1, 0.15) is 5.69 Å². The molecule has 1 fully saturated rings. The highest BCUT2D eigenvalue weighted by Gasteiger charge is 2.30. The van der Waals surface area contributed by atoms with Crippen molar-refractivity contribution in [3.05, 3.63) is 29.6 Å². The number of hydrogen-bond donors (Lipinski definition) is 2. The van der Waals surface area contributed by atoms with Crippen LogP contribution < -0.4 is 5.32 Å². The van der Waals surface area contributed by atoms with E-state index in [2.05, 4.69) is 31.1 Å². The number of hydrogen-bond acceptors (Lipinski definition) is 4. The molecule has 1 aromatic heterocycles. The molecule has 1 atom stereocenters. The molecule has 1 amide bonds. The Hall–Kier alpha value is -1.95. The van der Waals surface area contributed by atoms with Crippen LogP contribution in [0.4, 0.5) is 0 Å². The number of aromatic nitrogens is 1. The average molecular weight is 334 g/mol. The maximum absolute atomic E-state index is 12.2. The Labute approximate surface area is 142 Å². The van der Waals surface area contributed by atoms with Gasteiger partial charge >= 0.3 is 5.97 Å². The van der Waals surface area contributed by atoms with Crippen molar-refractivity contribution < 1.29 is 19.4 Å². The van der Waals surface area contributed by atoms with Gasteiger partial charge in [-0.25, -0.2) is 0 Å². The first kappa shape index (κ1) is 18.4. The normalized spacial score (nSPS) is 17.3. The molecule has 0 radical (unpaired) electrons. The van der Waals surface area contributed by atoms with Crippen LogP contribution in [-0.2, 0) is 14.9 Å². The molecule has 1 aromatic rings. The largest absolute Gasteiger partial charge is 0.481 e. The Bertz CT molecular complexity index is 572. The lowest BCUT2D eigenvalue weighted by Crippen LogP contribution is -2.39. The van der Waals surface area contributed by atoms with Crippen molar-refractivity contribution in [3.8, 4) is 0 Å². The molecule has 0 spiro atoms. The fourth-order valence-electron chi connectivity index (χ4n) is 2.84. The van der Waals surface area contributed by atoms with Gasteiger partial charge in [0.05, 0.1) is 5.92 Å². The predicted octanol–water partition coefficient (Wildman–Crippen LogP) is 2.24. The van der Waals surface area contributed by atoms with Crippen molar-refractivity contribution in [2.24, 2.45) is 11.8 Å². The van der Waals surface area contributed by atoms with E-state index in [0.29, 0.717) is 31.7 Å². The number of rotatable bonds is 5. The lowest BCUT2D eigenvalue weighted by molar-refractivity contribution is -0.144. The first-order chi connectivity index (χ1) is 11.3. The highest BCUT2D eigenvalue weighted by Crippen LogP contribution is 2.24. The van der Waals surface area contributed by atoms with Crippen LogP contribution in [0, 0.1) is 11.8 Å². The summed E-state index contributed by atoms with van der Waals surface area (Å²) in [6.45, 7) is 7.51. The van der Waals surface area contributed by atoms with Crippen molar-refractivity contribution >= 4 is 11.9 Å². The SMILES string of the molecule is CC(C)(C)c1ccc(C(=O)NCC(C(=O)O)C2CCOCC2)nc1. The van der Waals surface area contributed by atoms with E-state index in [1.165, 1.54) is 0 Å². The number of carbonyl (C=O) groups is 2. The Morgan fingerprint density at radius 2 is 2.00 bits per heavy atom. The van der Waals surface area contributed by atoms with Gasteiger partial charge in [-0.15, -0.1) is 0 Å². The Morgan fingerprint density at radius 3 is 2.50 bits per heavy atom. The Morgan fingerprint density at radius 1 is 1.33 bits per heavy atom. The third-order valence-electron chi connectivity index (χ3n) is 4.50. The third-order valence-corrected chi connectivity index (χ3v) is 4.50. The summed E-state index contributed by atoms with van der Waals surface area (Å²) in [5, 5.41) is 12.1. The second-order valence-corrected chi connectivity index (χ2v) is 7.29. The van der Waals surface area contributed by atoms with E-state index < -0.39 is 11.9 Å². The number of amides is 1. The first-order valence-corrected chi connectivity index (χ1v) is 8.34. The van der Waals surface area contributed by atoms with Gasteiger partial charge < -0.3 is 15.2 Å². The summed E-state index contributed by atoms with van der Waals surface area (Å²) >= 11 is 0. The van der Waals surface area contributed by atoms with Crippen molar-refractivity contribution in [2.75, 3.05) is 19.8 Å². The smallest absolute Gasteiger partial charge is 0.308 e. The maximum Gasteiger partial charge on any atom is 0.308 e. The zero-order valence-electron chi connectivity index (χ0n) is 14.5. The van der Waals surface area contributed by atoms with E-state index in [0.717, 1.165) is 5.56 Å². The average Bonchev–Trinajstić information content (AvgIpc) is 2.55. The molecule has 1 aliphatic rings. The van der Waals surface area contributed by atoms with Crippen molar-refractivity contribution in [3.63, 3.8) is 0 Å². The third kappa shape index (κ3) is 4.77. The Balaban J connectivity index is 1.96. The highest BCUT2D eigenvalue weighted by atomic mass is 16.5.